The fourth-order valence-electron chi connectivity index (χ4n) is 3.79. The van der Waals surface area contributed by atoms with Gasteiger partial charge in [-0.3, -0.25) is 14.9 Å². The molecule has 0 aliphatic carbocycles. The number of nitrogens with one attached hydrogen (secondary N) is 2. The van der Waals surface area contributed by atoms with Crippen LogP contribution in [0.2, 0.25) is 0 Å². The smallest absolute Gasteiger partial charge is 0.271 e. The fourth-order valence-corrected chi connectivity index (χ4v) is 4.53. The number of carbonyl (C=O) groups excluding carboxylic acids is 1. The Bertz CT molecular complexity index is 1670. The molecule has 0 spiro atoms. The summed E-state index contributed by atoms with van der Waals surface area (Å²) in [6, 6.07) is 23.2. The van der Waals surface area contributed by atoms with Crippen LogP contribution in [0.3, 0.4) is 0 Å². The number of carbonyl (C=O) groups is 1. The largest absolute Gasteiger partial charge is 0.455 e. The maximum absolute atomic E-state index is 12.5. The molecule has 5 aromatic rings. The van der Waals surface area contributed by atoms with Crippen molar-refractivity contribution in [3.8, 4) is 22.6 Å². The average Bonchev–Trinajstić information content (AvgIpc) is 3.60. The molecule has 0 unspecified atom stereocenters. The van der Waals surface area contributed by atoms with Gasteiger partial charge in [0.1, 0.15) is 11.5 Å². The van der Waals surface area contributed by atoms with Crippen LogP contribution in [-0.2, 0) is 0 Å². The first-order valence-electron chi connectivity index (χ1n) is 11.9. The highest BCUT2D eigenvalue weighted by Gasteiger charge is 2.13. The number of hydrogen-bond acceptors (Lipinski definition) is 8. The van der Waals surface area contributed by atoms with Crippen LogP contribution in [0.15, 0.2) is 93.8 Å². The molecule has 0 aliphatic rings. The molecule has 9 nitrogen and oxygen atoms in total. The third-order valence-corrected chi connectivity index (χ3v) is 6.69. The number of thiazole rings is 1. The molecule has 194 valence electrons. The van der Waals surface area contributed by atoms with Gasteiger partial charge in [-0.05, 0) is 55.8 Å². The van der Waals surface area contributed by atoms with Gasteiger partial charge < -0.3 is 9.73 Å². The van der Waals surface area contributed by atoms with Crippen LogP contribution in [0.5, 0.6) is 0 Å². The minimum atomic E-state index is -0.450. The zero-order valence-corrected chi connectivity index (χ0v) is 21.9. The van der Waals surface area contributed by atoms with Crippen LogP contribution in [-0.4, -0.2) is 22.0 Å². The van der Waals surface area contributed by atoms with Gasteiger partial charge in [0.2, 0.25) is 0 Å². The van der Waals surface area contributed by atoms with E-state index < -0.39 is 4.92 Å². The van der Waals surface area contributed by atoms with E-state index >= 15 is 0 Å². The van der Waals surface area contributed by atoms with Gasteiger partial charge in [0.15, 0.2) is 5.13 Å². The number of aryl methyl sites for hydroxylation is 2. The Morgan fingerprint density at radius 3 is 2.54 bits per heavy atom. The minimum absolute atomic E-state index is 0.0189. The summed E-state index contributed by atoms with van der Waals surface area (Å²) in [7, 11) is 0. The predicted molar refractivity (Wildman–Crippen MR) is 153 cm³/mol. The SMILES string of the molecule is Cc1ccc(Nc2nc(-c3ccc(C(=O)N/N=C\c4ccc(-c5cc([N+](=O)[O-])ccc5C)o4)cc3)cs2)cc1. The second-order valence-electron chi connectivity index (χ2n) is 8.76. The van der Waals surface area contributed by atoms with E-state index in [1.54, 1.807) is 30.3 Å². The molecule has 0 aliphatic heterocycles. The van der Waals surface area contributed by atoms with E-state index in [4.69, 9.17) is 4.42 Å². The van der Waals surface area contributed by atoms with Crippen LogP contribution in [0.25, 0.3) is 22.6 Å². The second kappa shape index (κ2) is 11.1. The van der Waals surface area contributed by atoms with Gasteiger partial charge in [-0.2, -0.15) is 5.10 Å². The van der Waals surface area contributed by atoms with E-state index in [0.717, 1.165) is 27.6 Å². The summed E-state index contributed by atoms with van der Waals surface area (Å²) in [4.78, 5) is 27.8. The van der Waals surface area contributed by atoms with Crippen LogP contribution < -0.4 is 10.7 Å². The highest BCUT2D eigenvalue weighted by molar-refractivity contribution is 7.14. The van der Waals surface area contributed by atoms with Gasteiger partial charge in [-0.25, -0.2) is 10.4 Å². The number of nitro benzene ring substituents is 1. The number of nitro groups is 1. The molecule has 2 N–H and O–H groups in total. The van der Waals surface area contributed by atoms with Crippen molar-refractivity contribution in [2.45, 2.75) is 13.8 Å². The molecule has 10 heteroatoms. The van der Waals surface area contributed by atoms with Gasteiger partial charge >= 0.3 is 0 Å². The first-order chi connectivity index (χ1) is 18.9. The van der Waals surface area contributed by atoms with E-state index in [9.17, 15) is 14.9 Å². The van der Waals surface area contributed by atoms with Crippen LogP contribution in [0, 0.1) is 24.0 Å². The van der Waals surface area contributed by atoms with Gasteiger partial charge in [0.25, 0.3) is 11.6 Å². The summed E-state index contributed by atoms with van der Waals surface area (Å²) >= 11 is 1.51. The van der Waals surface area contributed by atoms with E-state index in [2.05, 4.69) is 20.8 Å². The molecular formula is C29H23N5O4S. The van der Waals surface area contributed by atoms with Crippen molar-refractivity contribution in [2.24, 2.45) is 5.10 Å². The Morgan fingerprint density at radius 1 is 1.03 bits per heavy atom. The molecule has 2 aromatic heterocycles. The van der Waals surface area contributed by atoms with Gasteiger partial charge in [-0.1, -0.05) is 35.9 Å². The third kappa shape index (κ3) is 6.08. The first-order valence-corrected chi connectivity index (χ1v) is 12.8. The highest BCUT2D eigenvalue weighted by Crippen LogP contribution is 2.29. The van der Waals surface area contributed by atoms with Crippen LogP contribution in [0.1, 0.15) is 27.2 Å². The molecule has 0 saturated carbocycles. The molecule has 2 heterocycles. The number of furan rings is 1. The average molecular weight is 538 g/mol. The number of nitrogens with zero attached hydrogens (tertiary/aromatic N) is 3. The van der Waals surface area contributed by atoms with Crippen LogP contribution in [0.4, 0.5) is 16.5 Å². The van der Waals surface area contributed by atoms with Crippen molar-refractivity contribution in [3.63, 3.8) is 0 Å². The van der Waals surface area contributed by atoms with Crippen molar-refractivity contribution < 1.29 is 14.1 Å². The number of rotatable bonds is 8. The summed E-state index contributed by atoms with van der Waals surface area (Å²) < 4.78 is 5.75. The Morgan fingerprint density at radius 2 is 1.79 bits per heavy atom. The van der Waals surface area contributed by atoms with Crippen molar-refractivity contribution in [3.05, 3.63) is 117 Å². The molecule has 0 bridgehead atoms. The Labute approximate surface area is 228 Å². The molecule has 0 saturated heterocycles. The number of benzene rings is 3. The molecule has 0 atom stereocenters. The Kier molecular flexibility index (Phi) is 7.28. The Hall–Kier alpha value is -5.09. The number of hydrogen-bond donors (Lipinski definition) is 2. The van der Waals surface area contributed by atoms with Crippen molar-refractivity contribution in [1.29, 1.82) is 0 Å². The van der Waals surface area contributed by atoms with E-state index in [0.29, 0.717) is 22.6 Å². The summed E-state index contributed by atoms with van der Waals surface area (Å²) in [5.74, 6) is 0.489. The minimum Gasteiger partial charge on any atom is -0.455 e. The molecule has 5 rings (SSSR count). The normalized spacial score (nSPS) is 11.0. The van der Waals surface area contributed by atoms with Crippen molar-refractivity contribution in [1.82, 2.24) is 10.4 Å². The van der Waals surface area contributed by atoms with Crippen molar-refractivity contribution >= 4 is 40.0 Å². The molecule has 0 radical (unpaired) electrons. The maximum Gasteiger partial charge on any atom is 0.271 e. The number of aromatic nitrogens is 1. The van der Waals surface area contributed by atoms with Gasteiger partial charge in [0, 0.05) is 39.9 Å². The van der Waals surface area contributed by atoms with E-state index in [1.165, 1.54) is 35.2 Å². The van der Waals surface area contributed by atoms with E-state index in [1.807, 2.05) is 55.6 Å². The zero-order chi connectivity index (χ0) is 27.4. The monoisotopic (exact) mass is 537 g/mol. The molecule has 39 heavy (non-hydrogen) atoms. The standard InChI is InChI=1S/C29H23N5O4S/c1-18-3-10-22(11-4-18)31-29-32-26(17-39-29)20-6-8-21(9-7-20)28(35)33-30-16-24-13-14-27(38-24)25-15-23(34(36)37)12-5-19(25)2/h3-17H,1-2H3,(H,31,32)(H,33,35)/b30-16-. The zero-order valence-electron chi connectivity index (χ0n) is 21.0. The summed E-state index contributed by atoms with van der Waals surface area (Å²) in [5.41, 5.74) is 8.23. The molecular weight excluding hydrogens is 514 g/mol. The lowest BCUT2D eigenvalue weighted by Crippen LogP contribution is -2.17. The molecule has 3 aromatic carbocycles. The lowest BCUT2D eigenvalue weighted by atomic mass is 10.1. The summed E-state index contributed by atoms with van der Waals surface area (Å²) in [6.45, 7) is 3.89. The molecule has 1 amide bonds. The number of amides is 1. The number of non-ortho nitro benzene ring substituents is 1. The molecule has 0 fully saturated rings. The highest BCUT2D eigenvalue weighted by atomic mass is 32.1. The lowest BCUT2D eigenvalue weighted by molar-refractivity contribution is -0.384. The van der Waals surface area contributed by atoms with Gasteiger partial charge in [-0.15, -0.1) is 11.3 Å². The maximum atomic E-state index is 12.5. The summed E-state index contributed by atoms with van der Waals surface area (Å²) in [6.07, 6.45) is 1.38. The Balaban J connectivity index is 1.19. The van der Waals surface area contributed by atoms with Crippen molar-refractivity contribution in [2.75, 3.05) is 5.32 Å². The van der Waals surface area contributed by atoms with E-state index in [-0.39, 0.29) is 11.6 Å². The first kappa shape index (κ1) is 25.6. The third-order valence-electron chi connectivity index (χ3n) is 5.93. The number of anilines is 2. The summed E-state index contributed by atoms with van der Waals surface area (Å²) in [5, 5.41) is 21.1. The number of hydrazone groups is 1. The topological polar surface area (TPSA) is 123 Å². The second-order valence-corrected chi connectivity index (χ2v) is 9.62. The predicted octanol–water partition coefficient (Wildman–Crippen LogP) is 7.10. The van der Waals surface area contributed by atoms with Gasteiger partial charge in [0.05, 0.1) is 16.8 Å². The lowest BCUT2D eigenvalue weighted by Gasteiger charge is -2.03. The fraction of sp³-hybridized carbons (Fsp3) is 0.0690. The van der Waals surface area contributed by atoms with Crippen LogP contribution >= 0.6 is 11.3 Å². The quantitative estimate of drug-likeness (QED) is 0.124.